The topological polar surface area (TPSA) is 101 Å². The molecule has 5 aromatic carbocycles. The number of hydrogen-bond donors (Lipinski definition) is 2. The van der Waals surface area contributed by atoms with Gasteiger partial charge >= 0.3 is 0 Å². The van der Waals surface area contributed by atoms with Gasteiger partial charge in [-0.1, -0.05) is 66.7 Å². The smallest absolute Gasteiger partial charge is 0.270 e. The Labute approximate surface area is 229 Å². The highest BCUT2D eigenvalue weighted by atomic mass is 32.2. The van der Waals surface area contributed by atoms with Crippen molar-refractivity contribution >= 4 is 51.4 Å². The third-order valence-electron chi connectivity index (χ3n) is 6.04. The molecular weight excluding hydrogens is 510 g/mol. The SMILES string of the molecule is O=C(Nc1ccc(SC(C(=O)Nc2ccc3ccccc3c2)c2ccccc2)cc1)c1cccc([N+](=O)[O-])c1. The van der Waals surface area contributed by atoms with Crippen LogP contribution in [0.15, 0.2) is 126 Å². The standard InChI is InChI=1S/C31H23N3O4S/c35-30(24-11-6-12-27(20-24)34(37)38)32-25-15-17-28(18-16-25)39-29(22-8-2-1-3-9-22)31(36)33-26-14-13-21-7-4-5-10-23(21)19-26/h1-20,29H,(H,32,35)(H,33,36). The maximum atomic E-state index is 13.5. The molecule has 1 atom stereocenters. The van der Waals surface area contributed by atoms with Crippen molar-refractivity contribution in [2.75, 3.05) is 10.6 Å². The molecular formula is C31H23N3O4S. The molecule has 0 aliphatic heterocycles. The molecule has 8 heteroatoms. The van der Waals surface area contributed by atoms with Crippen molar-refractivity contribution < 1.29 is 14.5 Å². The van der Waals surface area contributed by atoms with Gasteiger partial charge < -0.3 is 10.6 Å². The van der Waals surface area contributed by atoms with E-state index < -0.39 is 16.1 Å². The molecule has 5 rings (SSSR count). The number of carbonyl (C=O) groups excluding carboxylic acids is 2. The molecule has 1 unspecified atom stereocenters. The lowest BCUT2D eigenvalue weighted by Gasteiger charge is -2.18. The molecule has 192 valence electrons. The molecule has 2 N–H and O–H groups in total. The van der Waals surface area contributed by atoms with E-state index in [2.05, 4.69) is 10.6 Å². The lowest BCUT2D eigenvalue weighted by molar-refractivity contribution is -0.384. The summed E-state index contributed by atoms with van der Waals surface area (Å²) in [5.41, 5.74) is 2.16. The maximum absolute atomic E-state index is 13.5. The van der Waals surface area contributed by atoms with Crippen LogP contribution in [0.3, 0.4) is 0 Å². The molecule has 0 aromatic heterocycles. The number of fused-ring (bicyclic) bond motifs is 1. The molecule has 0 saturated heterocycles. The number of thioether (sulfide) groups is 1. The Morgan fingerprint density at radius 1 is 0.692 bits per heavy atom. The Morgan fingerprint density at radius 2 is 1.38 bits per heavy atom. The van der Waals surface area contributed by atoms with Gasteiger partial charge in [-0.3, -0.25) is 19.7 Å². The Balaban J connectivity index is 1.31. The summed E-state index contributed by atoms with van der Waals surface area (Å²) in [7, 11) is 0. The number of benzene rings is 5. The highest BCUT2D eigenvalue weighted by Gasteiger charge is 2.22. The lowest BCUT2D eigenvalue weighted by atomic mass is 10.1. The van der Waals surface area contributed by atoms with E-state index in [9.17, 15) is 19.7 Å². The van der Waals surface area contributed by atoms with Gasteiger partial charge in [0.25, 0.3) is 11.6 Å². The molecule has 0 heterocycles. The number of hydrogen-bond acceptors (Lipinski definition) is 5. The highest BCUT2D eigenvalue weighted by Crippen LogP contribution is 2.37. The molecule has 0 saturated carbocycles. The summed E-state index contributed by atoms with van der Waals surface area (Å²) < 4.78 is 0. The third-order valence-corrected chi connectivity index (χ3v) is 7.31. The normalized spacial score (nSPS) is 11.5. The number of nitrogens with zero attached hydrogens (tertiary/aromatic N) is 1. The van der Waals surface area contributed by atoms with E-state index in [0.717, 1.165) is 26.9 Å². The van der Waals surface area contributed by atoms with Crippen LogP contribution in [0.5, 0.6) is 0 Å². The number of rotatable bonds is 8. The van der Waals surface area contributed by atoms with Gasteiger partial charge in [-0.15, -0.1) is 11.8 Å². The number of amides is 2. The average molecular weight is 534 g/mol. The van der Waals surface area contributed by atoms with Crippen molar-refractivity contribution in [2.45, 2.75) is 10.1 Å². The number of non-ortho nitro benzene ring substituents is 1. The molecule has 39 heavy (non-hydrogen) atoms. The van der Waals surface area contributed by atoms with E-state index in [1.54, 1.807) is 12.1 Å². The van der Waals surface area contributed by atoms with Crippen LogP contribution in [0.2, 0.25) is 0 Å². The largest absolute Gasteiger partial charge is 0.325 e. The van der Waals surface area contributed by atoms with Crippen molar-refractivity contribution in [3.8, 4) is 0 Å². The molecule has 5 aromatic rings. The minimum Gasteiger partial charge on any atom is -0.325 e. The highest BCUT2D eigenvalue weighted by molar-refractivity contribution is 8.00. The van der Waals surface area contributed by atoms with Gasteiger partial charge in [0.05, 0.1) is 4.92 Å². The monoisotopic (exact) mass is 533 g/mol. The van der Waals surface area contributed by atoms with Crippen molar-refractivity contribution in [1.29, 1.82) is 0 Å². The third kappa shape index (κ3) is 6.31. The summed E-state index contributed by atoms with van der Waals surface area (Å²) in [5.74, 6) is -0.597. The summed E-state index contributed by atoms with van der Waals surface area (Å²) >= 11 is 1.40. The second kappa shape index (κ2) is 11.6. The zero-order chi connectivity index (χ0) is 27.2. The maximum Gasteiger partial charge on any atom is 0.270 e. The zero-order valence-electron chi connectivity index (χ0n) is 20.6. The number of carbonyl (C=O) groups is 2. The zero-order valence-corrected chi connectivity index (χ0v) is 21.4. The van der Waals surface area contributed by atoms with E-state index >= 15 is 0 Å². The van der Waals surface area contributed by atoms with Gasteiger partial charge in [0.15, 0.2) is 0 Å². The molecule has 0 spiro atoms. The molecule has 0 fully saturated rings. The first-order chi connectivity index (χ1) is 19.0. The summed E-state index contributed by atoms with van der Waals surface area (Å²) in [6.07, 6.45) is 0. The van der Waals surface area contributed by atoms with Gasteiger partial charge in [0, 0.05) is 34.0 Å². The molecule has 0 bridgehead atoms. The van der Waals surface area contributed by atoms with Gasteiger partial charge in [-0.05, 0) is 58.8 Å². The Bertz CT molecular complexity index is 1660. The fourth-order valence-electron chi connectivity index (χ4n) is 4.09. The predicted octanol–water partition coefficient (Wildman–Crippen LogP) is 7.47. The minimum atomic E-state index is -0.540. The first-order valence-corrected chi connectivity index (χ1v) is 13.0. The van der Waals surface area contributed by atoms with Crippen LogP contribution < -0.4 is 10.6 Å². The van der Waals surface area contributed by atoms with Crippen molar-refractivity contribution in [3.63, 3.8) is 0 Å². The average Bonchev–Trinajstić information content (AvgIpc) is 2.97. The van der Waals surface area contributed by atoms with Crippen LogP contribution in [-0.4, -0.2) is 16.7 Å². The molecule has 7 nitrogen and oxygen atoms in total. The van der Waals surface area contributed by atoms with E-state index in [0.29, 0.717) is 5.69 Å². The Hall–Kier alpha value is -4.95. The molecule has 0 aliphatic rings. The summed E-state index contributed by atoms with van der Waals surface area (Å²) in [4.78, 5) is 37.4. The van der Waals surface area contributed by atoms with Gasteiger partial charge in [0.1, 0.15) is 5.25 Å². The fourth-order valence-corrected chi connectivity index (χ4v) is 5.12. The van der Waals surface area contributed by atoms with Crippen molar-refractivity contribution in [1.82, 2.24) is 0 Å². The van der Waals surface area contributed by atoms with Crippen LogP contribution in [0.4, 0.5) is 17.1 Å². The first kappa shape index (κ1) is 25.7. The second-order valence-electron chi connectivity index (χ2n) is 8.75. The van der Waals surface area contributed by atoms with Crippen LogP contribution in [0.1, 0.15) is 21.2 Å². The molecule has 2 amide bonds. The second-order valence-corrected chi connectivity index (χ2v) is 9.92. The predicted molar refractivity (Wildman–Crippen MR) is 155 cm³/mol. The first-order valence-electron chi connectivity index (χ1n) is 12.1. The molecule has 0 aliphatic carbocycles. The van der Waals surface area contributed by atoms with Crippen molar-refractivity contribution in [2.24, 2.45) is 0 Å². The number of nitro benzene ring substituents is 1. The van der Waals surface area contributed by atoms with Crippen molar-refractivity contribution in [3.05, 3.63) is 143 Å². The van der Waals surface area contributed by atoms with E-state index in [1.165, 1.54) is 36.0 Å². The Kier molecular flexibility index (Phi) is 7.65. The van der Waals surface area contributed by atoms with E-state index in [-0.39, 0.29) is 17.2 Å². The number of anilines is 2. The van der Waals surface area contributed by atoms with E-state index in [1.807, 2.05) is 84.9 Å². The van der Waals surface area contributed by atoms with E-state index in [4.69, 9.17) is 0 Å². The summed E-state index contributed by atoms with van der Waals surface area (Å²) in [6.45, 7) is 0. The number of nitrogens with one attached hydrogen (secondary N) is 2. The molecule has 0 radical (unpaired) electrons. The minimum absolute atomic E-state index is 0.149. The Morgan fingerprint density at radius 3 is 2.13 bits per heavy atom. The summed E-state index contributed by atoms with van der Waals surface area (Å²) in [5, 5.41) is 18.5. The van der Waals surface area contributed by atoms with Gasteiger partial charge in [0.2, 0.25) is 5.91 Å². The lowest BCUT2D eigenvalue weighted by Crippen LogP contribution is -2.19. The summed E-state index contributed by atoms with van der Waals surface area (Å²) in [6, 6.07) is 36.1. The fraction of sp³-hybridized carbons (Fsp3) is 0.0323. The van der Waals surface area contributed by atoms with Crippen LogP contribution in [-0.2, 0) is 4.79 Å². The van der Waals surface area contributed by atoms with Gasteiger partial charge in [-0.25, -0.2) is 0 Å². The van der Waals surface area contributed by atoms with Crippen LogP contribution in [0, 0.1) is 10.1 Å². The van der Waals surface area contributed by atoms with Gasteiger partial charge in [-0.2, -0.15) is 0 Å². The van der Waals surface area contributed by atoms with Crippen LogP contribution >= 0.6 is 11.8 Å². The quantitative estimate of drug-likeness (QED) is 0.122. The number of nitro groups is 1. The van der Waals surface area contributed by atoms with Crippen LogP contribution in [0.25, 0.3) is 10.8 Å².